The Balaban J connectivity index is 1.97. The summed E-state index contributed by atoms with van der Waals surface area (Å²) in [6, 6.07) is 7.92. The number of thioether (sulfide) groups is 2. The van der Waals surface area contributed by atoms with Gasteiger partial charge >= 0.3 is 5.30 Å². The maximum absolute atomic E-state index is 12.5. The minimum absolute atomic E-state index is 0.0745. The van der Waals surface area contributed by atoms with Crippen LogP contribution in [0.25, 0.3) is 0 Å². The topological polar surface area (TPSA) is 66.9 Å². The molecule has 1 aliphatic rings. The molecule has 0 atom stereocenters. The van der Waals surface area contributed by atoms with Crippen LogP contribution < -0.4 is 0 Å². The predicted octanol–water partition coefficient (Wildman–Crippen LogP) is 5.41. The van der Waals surface area contributed by atoms with Gasteiger partial charge in [-0.25, -0.2) is 9.80 Å². The third kappa shape index (κ3) is 8.37. The van der Waals surface area contributed by atoms with Crippen LogP contribution in [0.4, 0.5) is 9.59 Å². The number of carbonyl (C=O) groups is 3. The molecule has 0 spiro atoms. The van der Waals surface area contributed by atoms with Crippen LogP contribution in [-0.4, -0.2) is 58.8 Å². The average Bonchev–Trinajstić information content (AvgIpc) is 2.75. The van der Waals surface area contributed by atoms with E-state index in [1.807, 2.05) is 36.2 Å². The highest BCUT2D eigenvalue weighted by Crippen LogP contribution is 2.29. The van der Waals surface area contributed by atoms with E-state index in [9.17, 15) is 14.4 Å². The van der Waals surface area contributed by atoms with Crippen molar-refractivity contribution in [2.24, 2.45) is 0 Å². The number of ketones is 1. The van der Waals surface area contributed by atoms with Crippen molar-refractivity contribution in [3.63, 3.8) is 0 Å². The van der Waals surface area contributed by atoms with E-state index < -0.39 is 5.30 Å². The number of aryl methyl sites for hydroxylation is 1. The molecule has 1 amide bonds. The highest BCUT2D eigenvalue weighted by atomic mass is 35.5. The van der Waals surface area contributed by atoms with Crippen molar-refractivity contribution >= 4 is 51.4 Å². The first-order valence-corrected chi connectivity index (χ1v) is 12.0. The summed E-state index contributed by atoms with van der Waals surface area (Å²) in [6.07, 6.45) is 2.58. The Kier molecular flexibility index (Phi) is 10.7. The summed E-state index contributed by atoms with van der Waals surface area (Å²) >= 11 is 8.31. The van der Waals surface area contributed by atoms with Crippen LogP contribution in [0.15, 0.2) is 46.9 Å². The first-order chi connectivity index (χ1) is 14.8. The second-order valence-corrected chi connectivity index (χ2v) is 9.41. The van der Waals surface area contributed by atoms with Gasteiger partial charge in [-0.3, -0.25) is 14.6 Å². The number of carbonyl (C=O) groups excluding carboxylic acids is 3. The van der Waals surface area contributed by atoms with Gasteiger partial charge in [0.1, 0.15) is 5.78 Å². The number of allylic oxidation sites excluding steroid dienone is 2. The van der Waals surface area contributed by atoms with Gasteiger partial charge in [0.15, 0.2) is 0 Å². The number of benzene rings is 1. The van der Waals surface area contributed by atoms with E-state index in [1.165, 1.54) is 24.9 Å². The standard InChI is InChI=1S/C22H27ClN2O4S2/c1-4-19(23)20(31-22(28)29-3)9-11-25-21(27)30-13-12-24(25)10-8-18(26)15-17-7-5-6-16(2)14-17/h4-7,14H,1,8-13,15H2,2-3H3/b20-19+. The molecule has 1 heterocycles. The van der Waals surface area contributed by atoms with Crippen molar-refractivity contribution in [3.8, 4) is 0 Å². The van der Waals surface area contributed by atoms with E-state index in [4.69, 9.17) is 16.3 Å². The molecule has 0 N–H and O–H groups in total. The number of amides is 1. The molecule has 168 valence electrons. The molecule has 0 bridgehead atoms. The van der Waals surface area contributed by atoms with Gasteiger partial charge in [0, 0.05) is 43.1 Å². The smallest absolute Gasteiger partial charge is 0.371 e. The van der Waals surface area contributed by atoms with Gasteiger partial charge in [0.2, 0.25) is 0 Å². The molecular weight excluding hydrogens is 456 g/mol. The number of hydrazine groups is 1. The first-order valence-electron chi connectivity index (χ1n) is 9.87. The van der Waals surface area contributed by atoms with Crippen molar-refractivity contribution < 1.29 is 19.1 Å². The molecule has 6 nitrogen and oxygen atoms in total. The molecule has 1 saturated heterocycles. The fourth-order valence-electron chi connectivity index (χ4n) is 3.09. The number of halogens is 1. The molecule has 1 fully saturated rings. The van der Waals surface area contributed by atoms with Gasteiger partial charge in [-0.2, -0.15) is 0 Å². The molecule has 1 aliphatic heterocycles. The summed E-state index contributed by atoms with van der Waals surface area (Å²) in [5, 5.41) is 3.35. The van der Waals surface area contributed by atoms with E-state index in [0.29, 0.717) is 54.6 Å². The van der Waals surface area contributed by atoms with Crippen LogP contribution in [0.5, 0.6) is 0 Å². The Labute approximate surface area is 197 Å². The number of hydrogen-bond acceptors (Lipinski definition) is 7. The van der Waals surface area contributed by atoms with Crippen LogP contribution >= 0.6 is 35.1 Å². The molecule has 1 aromatic rings. The van der Waals surface area contributed by atoms with Gasteiger partial charge in [0.05, 0.1) is 12.1 Å². The van der Waals surface area contributed by atoms with Crippen molar-refractivity contribution in [1.29, 1.82) is 0 Å². The monoisotopic (exact) mass is 482 g/mol. The summed E-state index contributed by atoms with van der Waals surface area (Å²) in [6.45, 7) is 7.13. The highest BCUT2D eigenvalue weighted by Gasteiger charge is 2.27. The van der Waals surface area contributed by atoms with E-state index >= 15 is 0 Å². The van der Waals surface area contributed by atoms with E-state index in [2.05, 4.69) is 6.58 Å². The van der Waals surface area contributed by atoms with Crippen molar-refractivity contribution in [2.45, 2.75) is 26.2 Å². The largest absolute Gasteiger partial charge is 0.461 e. The number of Topliss-reactive ketones (excluding diaryl/α,β-unsaturated/α-hetero) is 1. The van der Waals surface area contributed by atoms with Gasteiger partial charge in [-0.05, 0) is 36.7 Å². The zero-order chi connectivity index (χ0) is 22.8. The molecule has 0 unspecified atom stereocenters. The molecular formula is C22H27ClN2O4S2. The number of methoxy groups -OCH3 is 1. The molecule has 0 aromatic heterocycles. The Morgan fingerprint density at radius 1 is 1.32 bits per heavy atom. The van der Waals surface area contributed by atoms with Crippen LogP contribution in [-0.2, 0) is 16.0 Å². The summed E-state index contributed by atoms with van der Waals surface area (Å²) in [5.41, 5.74) is 2.13. The summed E-state index contributed by atoms with van der Waals surface area (Å²) in [4.78, 5) is 37.2. The lowest BCUT2D eigenvalue weighted by atomic mass is 10.0. The second-order valence-electron chi connectivity index (χ2n) is 6.93. The minimum Gasteiger partial charge on any atom is -0.461 e. The van der Waals surface area contributed by atoms with E-state index in [0.717, 1.165) is 22.9 Å². The van der Waals surface area contributed by atoms with Gasteiger partial charge in [-0.1, -0.05) is 59.8 Å². The van der Waals surface area contributed by atoms with Gasteiger partial charge in [0.25, 0.3) is 5.24 Å². The molecule has 0 aliphatic carbocycles. The lowest BCUT2D eigenvalue weighted by Gasteiger charge is -2.38. The molecule has 0 radical (unpaired) electrons. The molecule has 31 heavy (non-hydrogen) atoms. The zero-order valence-corrected chi connectivity index (χ0v) is 20.2. The molecule has 9 heteroatoms. The summed E-state index contributed by atoms with van der Waals surface area (Å²) < 4.78 is 4.69. The van der Waals surface area contributed by atoms with Crippen molar-refractivity contribution in [2.75, 3.05) is 32.5 Å². The maximum Gasteiger partial charge on any atom is 0.371 e. The first kappa shape index (κ1) is 25.5. The van der Waals surface area contributed by atoms with Crippen molar-refractivity contribution in [3.05, 3.63) is 58.0 Å². The Morgan fingerprint density at radius 3 is 2.77 bits per heavy atom. The van der Waals surface area contributed by atoms with Crippen LogP contribution in [0.3, 0.4) is 0 Å². The normalized spacial score (nSPS) is 15.5. The van der Waals surface area contributed by atoms with Crippen molar-refractivity contribution in [1.82, 2.24) is 10.0 Å². The Morgan fingerprint density at radius 2 is 2.10 bits per heavy atom. The number of rotatable bonds is 10. The third-order valence-electron chi connectivity index (χ3n) is 4.63. The van der Waals surface area contributed by atoms with Crippen LogP contribution in [0.2, 0.25) is 0 Å². The minimum atomic E-state index is -0.479. The van der Waals surface area contributed by atoms with E-state index in [-0.39, 0.29) is 11.0 Å². The predicted molar refractivity (Wildman–Crippen MR) is 128 cm³/mol. The number of nitrogens with zero attached hydrogens (tertiary/aromatic N) is 2. The molecule has 0 saturated carbocycles. The number of hydrogen-bond donors (Lipinski definition) is 0. The SMILES string of the molecule is C=C/C(Cl)=C(/CCN1C(=O)SCCN1CCC(=O)Cc1cccc(C)c1)SC(=O)OC. The Hall–Kier alpha value is -1.74. The number of ether oxygens (including phenoxy) is 1. The summed E-state index contributed by atoms with van der Waals surface area (Å²) in [7, 11) is 1.30. The lowest BCUT2D eigenvalue weighted by molar-refractivity contribution is -0.119. The summed E-state index contributed by atoms with van der Waals surface area (Å²) in [5.74, 6) is 0.807. The van der Waals surface area contributed by atoms with Crippen LogP contribution in [0.1, 0.15) is 24.0 Å². The van der Waals surface area contributed by atoms with Gasteiger partial charge in [-0.15, -0.1) is 0 Å². The fraction of sp³-hybridized carbons (Fsp3) is 0.409. The third-order valence-corrected chi connectivity index (χ3v) is 6.97. The molecule has 1 aromatic carbocycles. The maximum atomic E-state index is 12.5. The highest BCUT2D eigenvalue weighted by molar-refractivity contribution is 8.16. The molecule has 2 rings (SSSR count). The zero-order valence-electron chi connectivity index (χ0n) is 17.8. The quantitative estimate of drug-likeness (QED) is 0.326. The lowest BCUT2D eigenvalue weighted by Crippen LogP contribution is -2.50. The fourth-order valence-corrected chi connectivity index (χ4v) is 4.79. The van der Waals surface area contributed by atoms with E-state index in [1.54, 1.807) is 5.01 Å². The van der Waals surface area contributed by atoms with Gasteiger partial charge < -0.3 is 4.74 Å². The Bertz CT molecular complexity index is 860. The average molecular weight is 483 g/mol. The second kappa shape index (κ2) is 13.0. The van der Waals surface area contributed by atoms with Crippen LogP contribution in [0, 0.1) is 6.92 Å².